The third kappa shape index (κ3) is 5.17. The Labute approximate surface area is 230 Å². The number of para-hydroxylation sites is 1. The lowest BCUT2D eigenvalue weighted by Crippen LogP contribution is -2.29. The predicted octanol–water partition coefficient (Wildman–Crippen LogP) is 6.86. The first kappa shape index (κ1) is 25.9. The maximum Gasteiger partial charge on any atom is 0.300 e. The molecule has 0 spiro atoms. The number of aromatic hydroxyl groups is 1. The van der Waals surface area contributed by atoms with Crippen molar-refractivity contribution >= 4 is 34.7 Å². The third-order valence-electron chi connectivity index (χ3n) is 6.25. The number of rotatable bonds is 7. The molecule has 1 fully saturated rings. The van der Waals surface area contributed by atoms with Crippen molar-refractivity contribution in [1.29, 1.82) is 0 Å². The summed E-state index contributed by atoms with van der Waals surface area (Å²) >= 11 is 6.21. The minimum atomic E-state index is -0.960. The third-order valence-corrected chi connectivity index (χ3v) is 6.56. The van der Waals surface area contributed by atoms with Crippen LogP contribution in [0, 0.1) is 0 Å². The number of aliphatic hydroxyl groups excluding tert-OH is 1. The molecule has 4 aromatic rings. The number of carbonyl (C=O) groups excluding carboxylic acids is 2. The van der Waals surface area contributed by atoms with Gasteiger partial charge in [0.15, 0.2) is 0 Å². The Bertz CT molecular complexity index is 1550. The van der Waals surface area contributed by atoms with Crippen LogP contribution in [0.1, 0.15) is 24.1 Å². The van der Waals surface area contributed by atoms with Gasteiger partial charge in [-0.3, -0.25) is 14.5 Å². The number of halogens is 1. The van der Waals surface area contributed by atoms with E-state index in [0.717, 1.165) is 0 Å². The molecule has 1 heterocycles. The highest BCUT2D eigenvalue weighted by atomic mass is 35.5. The molecular formula is C31H24ClNO6. The average Bonchev–Trinajstić information content (AvgIpc) is 3.21. The number of ether oxygens (including phenoxy) is 2. The first-order valence-electron chi connectivity index (χ1n) is 12.2. The smallest absolute Gasteiger partial charge is 0.300 e. The summed E-state index contributed by atoms with van der Waals surface area (Å²) in [6.07, 6.45) is 0. The fourth-order valence-electron chi connectivity index (χ4n) is 4.44. The quantitative estimate of drug-likeness (QED) is 0.151. The van der Waals surface area contributed by atoms with Gasteiger partial charge in [0.25, 0.3) is 11.7 Å². The van der Waals surface area contributed by atoms with E-state index in [4.69, 9.17) is 21.1 Å². The Morgan fingerprint density at radius 2 is 1.56 bits per heavy atom. The van der Waals surface area contributed by atoms with E-state index in [2.05, 4.69) is 0 Å². The van der Waals surface area contributed by atoms with Crippen LogP contribution < -0.4 is 14.4 Å². The fraction of sp³-hybridized carbons (Fsp3) is 0.0968. The van der Waals surface area contributed by atoms with Crippen LogP contribution in [0.4, 0.5) is 5.69 Å². The zero-order valence-electron chi connectivity index (χ0n) is 20.9. The largest absolute Gasteiger partial charge is 0.508 e. The van der Waals surface area contributed by atoms with Crippen LogP contribution in [0.2, 0.25) is 5.02 Å². The van der Waals surface area contributed by atoms with Crippen LogP contribution in [-0.4, -0.2) is 28.5 Å². The van der Waals surface area contributed by atoms with Crippen molar-refractivity contribution in [2.45, 2.75) is 13.0 Å². The molecule has 0 aromatic heterocycles. The minimum absolute atomic E-state index is 0.0252. The van der Waals surface area contributed by atoms with E-state index in [1.165, 1.54) is 23.1 Å². The SMILES string of the molecule is CCOc1cc(/C(O)=C2/C(=O)C(=O)N(c3ccc(Oc4ccccc4)cc3)C2c2ccc(O)cc2)ccc1Cl. The van der Waals surface area contributed by atoms with Crippen molar-refractivity contribution in [1.82, 2.24) is 0 Å². The summed E-state index contributed by atoms with van der Waals surface area (Å²) in [5.74, 6) is -0.440. The van der Waals surface area contributed by atoms with Crippen LogP contribution in [0.25, 0.3) is 5.76 Å². The lowest BCUT2D eigenvalue weighted by atomic mass is 9.95. The molecule has 8 heteroatoms. The van der Waals surface area contributed by atoms with Crippen molar-refractivity contribution in [2.75, 3.05) is 11.5 Å². The Hall–Kier alpha value is -4.75. The zero-order valence-corrected chi connectivity index (χ0v) is 21.6. The van der Waals surface area contributed by atoms with Crippen LogP contribution in [0.15, 0.2) is 103 Å². The molecule has 1 aliphatic rings. The van der Waals surface area contributed by atoms with E-state index in [1.807, 2.05) is 30.3 Å². The van der Waals surface area contributed by atoms with E-state index in [1.54, 1.807) is 55.5 Å². The van der Waals surface area contributed by atoms with E-state index in [0.29, 0.717) is 40.1 Å². The summed E-state index contributed by atoms with van der Waals surface area (Å²) in [6, 6.07) is 25.8. The van der Waals surface area contributed by atoms with Gasteiger partial charge in [-0.05, 0) is 79.2 Å². The molecule has 1 unspecified atom stereocenters. The topological polar surface area (TPSA) is 96.3 Å². The number of benzene rings is 4. The first-order chi connectivity index (χ1) is 18.9. The van der Waals surface area contributed by atoms with Crippen molar-refractivity contribution in [3.05, 3.63) is 119 Å². The summed E-state index contributed by atoms with van der Waals surface area (Å²) < 4.78 is 11.4. The number of amides is 1. The number of anilines is 1. The first-order valence-corrected chi connectivity index (χ1v) is 12.6. The van der Waals surface area contributed by atoms with Crippen molar-refractivity contribution in [3.8, 4) is 23.0 Å². The highest BCUT2D eigenvalue weighted by Gasteiger charge is 2.47. The lowest BCUT2D eigenvalue weighted by Gasteiger charge is -2.25. The van der Waals surface area contributed by atoms with Gasteiger partial charge in [-0.1, -0.05) is 41.9 Å². The normalized spacial score (nSPS) is 16.4. The number of aliphatic hydroxyl groups is 1. The van der Waals surface area contributed by atoms with E-state index < -0.39 is 17.7 Å². The molecule has 4 aromatic carbocycles. The maximum absolute atomic E-state index is 13.4. The second-order valence-electron chi connectivity index (χ2n) is 8.75. The second-order valence-corrected chi connectivity index (χ2v) is 9.16. The Balaban J connectivity index is 1.59. The molecule has 1 atom stereocenters. The van der Waals surface area contributed by atoms with E-state index in [9.17, 15) is 19.8 Å². The molecule has 0 bridgehead atoms. The number of Topliss-reactive ketones (excluding diaryl/α,β-unsaturated/α-hetero) is 1. The van der Waals surface area contributed by atoms with Gasteiger partial charge < -0.3 is 19.7 Å². The molecule has 0 aliphatic carbocycles. The van der Waals surface area contributed by atoms with Crippen LogP contribution >= 0.6 is 11.6 Å². The number of ketones is 1. The highest BCUT2D eigenvalue weighted by Crippen LogP contribution is 2.43. The summed E-state index contributed by atoms with van der Waals surface area (Å²) in [5.41, 5.74) is 1.13. The number of nitrogens with zero attached hydrogens (tertiary/aromatic N) is 1. The van der Waals surface area contributed by atoms with Gasteiger partial charge >= 0.3 is 0 Å². The van der Waals surface area contributed by atoms with Gasteiger partial charge in [-0.2, -0.15) is 0 Å². The van der Waals surface area contributed by atoms with Crippen LogP contribution in [0.3, 0.4) is 0 Å². The zero-order chi connectivity index (χ0) is 27.5. The maximum atomic E-state index is 13.4. The van der Waals surface area contributed by atoms with Crippen LogP contribution in [-0.2, 0) is 9.59 Å². The molecule has 7 nitrogen and oxygen atoms in total. The molecule has 0 saturated carbocycles. The fourth-order valence-corrected chi connectivity index (χ4v) is 4.61. The average molecular weight is 542 g/mol. The number of phenols is 1. The number of hydrogen-bond acceptors (Lipinski definition) is 6. The lowest BCUT2D eigenvalue weighted by molar-refractivity contribution is -0.132. The molecule has 1 aliphatic heterocycles. The van der Waals surface area contributed by atoms with Crippen molar-refractivity contribution in [2.24, 2.45) is 0 Å². The van der Waals surface area contributed by atoms with E-state index in [-0.39, 0.29) is 22.6 Å². The molecule has 1 amide bonds. The summed E-state index contributed by atoms with van der Waals surface area (Å²) in [4.78, 5) is 28.1. The highest BCUT2D eigenvalue weighted by molar-refractivity contribution is 6.51. The Morgan fingerprint density at radius 1 is 0.897 bits per heavy atom. The number of carbonyl (C=O) groups is 2. The minimum Gasteiger partial charge on any atom is -0.508 e. The van der Waals surface area contributed by atoms with E-state index >= 15 is 0 Å². The van der Waals surface area contributed by atoms with Gasteiger partial charge in [0.2, 0.25) is 0 Å². The van der Waals surface area contributed by atoms with Gasteiger partial charge in [-0.25, -0.2) is 0 Å². The summed E-state index contributed by atoms with van der Waals surface area (Å²) in [5, 5.41) is 21.6. The molecular weight excluding hydrogens is 518 g/mol. The predicted molar refractivity (Wildman–Crippen MR) is 148 cm³/mol. The van der Waals surface area contributed by atoms with Gasteiger partial charge in [-0.15, -0.1) is 0 Å². The molecule has 1 saturated heterocycles. The summed E-state index contributed by atoms with van der Waals surface area (Å²) in [6.45, 7) is 2.15. The van der Waals surface area contributed by atoms with Crippen LogP contribution in [0.5, 0.6) is 23.0 Å². The number of hydrogen-bond donors (Lipinski definition) is 2. The molecule has 0 radical (unpaired) electrons. The second kappa shape index (κ2) is 10.9. The van der Waals surface area contributed by atoms with Crippen molar-refractivity contribution < 1.29 is 29.3 Å². The number of phenolic OH excluding ortho intramolecular Hbond substituents is 1. The Morgan fingerprint density at radius 3 is 2.23 bits per heavy atom. The van der Waals surface area contributed by atoms with Gasteiger partial charge in [0.05, 0.1) is 23.2 Å². The van der Waals surface area contributed by atoms with Gasteiger partial charge in [0.1, 0.15) is 28.8 Å². The van der Waals surface area contributed by atoms with Crippen molar-refractivity contribution in [3.63, 3.8) is 0 Å². The molecule has 196 valence electrons. The molecule has 5 rings (SSSR count). The van der Waals surface area contributed by atoms with Gasteiger partial charge in [0, 0.05) is 11.3 Å². The Kier molecular flexibility index (Phi) is 7.25. The standard InChI is InChI=1S/C31H24ClNO6/c1-2-38-26-18-20(10-17-25(26)32)29(35)27-28(19-8-13-22(34)14-9-19)33(31(37)30(27)36)21-11-15-24(16-12-21)39-23-6-4-3-5-7-23/h3-18,28,34-35H,2H2,1H3/b29-27-. The monoisotopic (exact) mass is 541 g/mol. The molecule has 2 N–H and O–H groups in total. The molecule has 39 heavy (non-hydrogen) atoms. The summed E-state index contributed by atoms with van der Waals surface area (Å²) in [7, 11) is 0.